The van der Waals surface area contributed by atoms with Crippen LogP contribution in [0.15, 0.2) is 36.4 Å². The fraction of sp³-hybridized carbons (Fsp3) is 0.0769. The Morgan fingerprint density at radius 2 is 1.70 bits per heavy atom. The van der Waals surface area contributed by atoms with Crippen molar-refractivity contribution in [1.82, 2.24) is 0 Å². The molecule has 0 unspecified atom stereocenters. The van der Waals surface area contributed by atoms with Crippen molar-refractivity contribution in [3.8, 4) is 0 Å². The quantitative estimate of drug-likeness (QED) is 0.616. The van der Waals surface area contributed by atoms with Gasteiger partial charge in [0.05, 0.1) is 5.56 Å². The lowest BCUT2D eigenvalue weighted by Gasteiger charge is -2.13. The number of rotatable bonds is 2. The van der Waals surface area contributed by atoms with Gasteiger partial charge in [0.2, 0.25) is 0 Å². The van der Waals surface area contributed by atoms with Gasteiger partial charge in [0.15, 0.2) is 0 Å². The zero-order chi connectivity index (χ0) is 14.9. The number of nitrogens with two attached hydrogens (primary N) is 1. The van der Waals surface area contributed by atoms with Gasteiger partial charge < -0.3 is 11.1 Å². The first kappa shape index (κ1) is 14.5. The van der Waals surface area contributed by atoms with E-state index in [1.54, 1.807) is 0 Å². The molecule has 2 aromatic rings. The normalized spacial score (nSPS) is 11.4. The molecule has 0 aliphatic heterocycles. The highest BCUT2D eigenvalue weighted by molar-refractivity contribution is 6.30. The third kappa shape index (κ3) is 3.33. The third-order valence-electron chi connectivity index (χ3n) is 2.51. The Hall–Kier alpha value is -1.95. The Bertz CT molecular complexity index is 621. The first-order valence-electron chi connectivity index (χ1n) is 5.45. The molecule has 2 aromatic carbocycles. The van der Waals surface area contributed by atoms with Gasteiger partial charge in [0.1, 0.15) is 5.82 Å². The molecule has 0 saturated heterocycles. The van der Waals surface area contributed by atoms with E-state index in [4.69, 9.17) is 17.3 Å². The fourth-order valence-electron chi connectivity index (χ4n) is 1.67. The lowest BCUT2D eigenvalue weighted by atomic mass is 10.1. The molecule has 20 heavy (non-hydrogen) atoms. The molecule has 0 fully saturated rings. The third-order valence-corrected chi connectivity index (χ3v) is 2.73. The molecule has 0 aromatic heterocycles. The van der Waals surface area contributed by atoms with Crippen molar-refractivity contribution in [3.63, 3.8) is 0 Å². The van der Waals surface area contributed by atoms with Gasteiger partial charge in [-0.05, 0) is 36.4 Å². The van der Waals surface area contributed by atoms with E-state index in [0.717, 1.165) is 24.3 Å². The molecule has 0 heterocycles. The van der Waals surface area contributed by atoms with E-state index >= 15 is 0 Å². The van der Waals surface area contributed by atoms with E-state index in [0.29, 0.717) is 0 Å². The van der Waals surface area contributed by atoms with Crippen molar-refractivity contribution >= 4 is 28.7 Å². The van der Waals surface area contributed by atoms with Crippen LogP contribution >= 0.6 is 11.6 Å². The Balaban J connectivity index is 2.35. The van der Waals surface area contributed by atoms with E-state index in [2.05, 4.69) is 5.32 Å². The molecule has 0 bridgehead atoms. The SMILES string of the molecule is Nc1ccc(Nc2cc(F)cc(Cl)c2)cc1C(F)(F)F. The van der Waals surface area contributed by atoms with Crippen LogP contribution in [-0.4, -0.2) is 0 Å². The zero-order valence-corrected chi connectivity index (χ0v) is 10.7. The maximum atomic E-state index is 13.1. The number of anilines is 3. The Kier molecular flexibility index (Phi) is 3.76. The number of benzene rings is 2. The second-order valence-electron chi connectivity index (χ2n) is 4.08. The lowest BCUT2D eigenvalue weighted by molar-refractivity contribution is -0.136. The highest BCUT2D eigenvalue weighted by atomic mass is 35.5. The molecule has 0 spiro atoms. The standard InChI is InChI=1S/C13H9ClF4N2/c14-7-3-8(15)5-10(4-7)20-9-1-2-12(19)11(6-9)13(16,17)18/h1-6,20H,19H2. The highest BCUT2D eigenvalue weighted by Crippen LogP contribution is 2.35. The van der Waals surface area contributed by atoms with Crippen LogP contribution < -0.4 is 11.1 Å². The van der Waals surface area contributed by atoms with Crippen molar-refractivity contribution in [2.45, 2.75) is 6.18 Å². The molecule has 7 heteroatoms. The molecular formula is C13H9ClF4N2. The Morgan fingerprint density at radius 3 is 2.30 bits per heavy atom. The van der Waals surface area contributed by atoms with Crippen LogP contribution in [0, 0.1) is 5.82 Å². The van der Waals surface area contributed by atoms with E-state index in [-0.39, 0.29) is 22.1 Å². The minimum atomic E-state index is -4.55. The summed E-state index contributed by atoms with van der Waals surface area (Å²) < 4.78 is 51.3. The average molecular weight is 305 g/mol. The number of nitrogen functional groups attached to an aromatic ring is 1. The van der Waals surface area contributed by atoms with Crippen LogP contribution in [0.2, 0.25) is 5.02 Å². The van der Waals surface area contributed by atoms with Crippen LogP contribution in [-0.2, 0) is 6.18 Å². The number of nitrogens with one attached hydrogen (secondary N) is 1. The van der Waals surface area contributed by atoms with Gasteiger partial charge in [0.25, 0.3) is 0 Å². The first-order valence-corrected chi connectivity index (χ1v) is 5.83. The second-order valence-corrected chi connectivity index (χ2v) is 4.52. The van der Waals surface area contributed by atoms with Gasteiger partial charge in [-0.2, -0.15) is 13.2 Å². The topological polar surface area (TPSA) is 38.0 Å². The van der Waals surface area contributed by atoms with E-state index < -0.39 is 17.6 Å². The average Bonchev–Trinajstić information content (AvgIpc) is 2.29. The molecule has 0 aliphatic carbocycles. The summed E-state index contributed by atoms with van der Waals surface area (Å²) in [4.78, 5) is 0. The number of hydrogen-bond acceptors (Lipinski definition) is 2. The summed E-state index contributed by atoms with van der Waals surface area (Å²) in [6.07, 6.45) is -4.55. The number of hydrogen-bond donors (Lipinski definition) is 2. The largest absolute Gasteiger partial charge is 0.418 e. The molecule has 2 nitrogen and oxygen atoms in total. The molecule has 2 rings (SSSR count). The number of alkyl halides is 3. The molecule has 0 atom stereocenters. The molecule has 3 N–H and O–H groups in total. The van der Waals surface area contributed by atoms with Crippen molar-refractivity contribution < 1.29 is 17.6 Å². The summed E-state index contributed by atoms with van der Waals surface area (Å²) in [5.41, 5.74) is 4.34. The molecule has 106 valence electrons. The minimum Gasteiger partial charge on any atom is -0.398 e. The van der Waals surface area contributed by atoms with Gasteiger partial charge in [-0.25, -0.2) is 4.39 Å². The summed E-state index contributed by atoms with van der Waals surface area (Å²) >= 11 is 5.67. The van der Waals surface area contributed by atoms with Gasteiger partial charge in [-0.1, -0.05) is 11.6 Å². The second kappa shape index (κ2) is 5.20. The van der Waals surface area contributed by atoms with Gasteiger partial charge in [-0.3, -0.25) is 0 Å². The molecular weight excluding hydrogens is 296 g/mol. The smallest absolute Gasteiger partial charge is 0.398 e. The van der Waals surface area contributed by atoms with Crippen molar-refractivity contribution in [2.75, 3.05) is 11.1 Å². The first-order chi connectivity index (χ1) is 9.25. The number of halogens is 5. The van der Waals surface area contributed by atoms with Gasteiger partial charge in [0, 0.05) is 22.1 Å². The highest BCUT2D eigenvalue weighted by Gasteiger charge is 2.33. The monoisotopic (exact) mass is 304 g/mol. The zero-order valence-electron chi connectivity index (χ0n) is 9.93. The molecule has 0 saturated carbocycles. The van der Waals surface area contributed by atoms with Gasteiger partial charge >= 0.3 is 6.18 Å². The van der Waals surface area contributed by atoms with Crippen LogP contribution in [0.4, 0.5) is 34.6 Å². The fourth-order valence-corrected chi connectivity index (χ4v) is 1.89. The Morgan fingerprint density at radius 1 is 1.00 bits per heavy atom. The molecule has 0 radical (unpaired) electrons. The summed E-state index contributed by atoms with van der Waals surface area (Å²) in [6, 6.07) is 6.96. The maximum Gasteiger partial charge on any atom is 0.418 e. The van der Waals surface area contributed by atoms with Gasteiger partial charge in [-0.15, -0.1) is 0 Å². The summed E-state index contributed by atoms with van der Waals surface area (Å²) in [7, 11) is 0. The summed E-state index contributed by atoms with van der Waals surface area (Å²) in [6.45, 7) is 0. The van der Waals surface area contributed by atoms with Crippen molar-refractivity contribution in [3.05, 3.63) is 52.8 Å². The van der Waals surface area contributed by atoms with Crippen LogP contribution in [0.1, 0.15) is 5.56 Å². The molecule has 0 aliphatic rings. The van der Waals surface area contributed by atoms with Crippen LogP contribution in [0.25, 0.3) is 0 Å². The predicted molar refractivity (Wildman–Crippen MR) is 70.5 cm³/mol. The Labute approximate surface area is 117 Å². The van der Waals surface area contributed by atoms with E-state index in [1.165, 1.54) is 12.1 Å². The summed E-state index contributed by atoms with van der Waals surface area (Å²) in [5, 5.41) is 2.78. The van der Waals surface area contributed by atoms with Crippen LogP contribution in [0.5, 0.6) is 0 Å². The van der Waals surface area contributed by atoms with E-state index in [9.17, 15) is 17.6 Å². The van der Waals surface area contributed by atoms with Crippen molar-refractivity contribution in [2.24, 2.45) is 0 Å². The molecule has 0 amide bonds. The van der Waals surface area contributed by atoms with E-state index in [1.807, 2.05) is 0 Å². The van der Waals surface area contributed by atoms with Crippen LogP contribution in [0.3, 0.4) is 0 Å². The summed E-state index contributed by atoms with van der Waals surface area (Å²) in [5.74, 6) is -0.591. The van der Waals surface area contributed by atoms with Crippen molar-refractivity contribution in [1.29, 1.82) is 0 Å². The maximum absolute atomic E-state index is 13.1. The lowest BCUT2D eigenvalue weighted by Crippen LogP contribution is -2.09. The minimum absolute atomic E-state index is 0.133. The predicted octanol–water partition coefficient (Wildman–Crippen LogP) is 4.82.